The summed E-state index contributed by atoms with van der Waals surface area (Å²) in [4.78, 5) is 14.2. The first-order valence-corrected chi connectivity index (χ1v) is 11.7. The van der Waals surface area contributed by atoms with Crippen molar-refractivity contribution >= 4 is 5.82 Å². The van der Waals surface area contributed by atoms with Gasteiger partial charge in [-0.3, -0.25) is 4.79 Å². The standard InChI is InChI=1S/C26H31N5O2/c1-25-9-3-10-26(2,31-25)15-17(14-25)16-28-23-7-6-21(29-30-23)20-5-4-18(12-22(20)32)19-8-11-27-24(33)13-19/h4-8,11-13,17,31-32H,3,9-10,14-16H2,1-2H3,(H,27,33)(H,28,30). The van der Waals surface area contributed by atoms with Gasteiger partial charge in [-0.2, -0.15) is 0 Å². The van der Waals surface area contributed by atoms with Crippen LogP contribution in [0, 0.1) is 5.92 Å². The minimum Gasteiger partial charge on any atom is -0.507 e. The average Bonchev–Trinajstić information content (AvgIpc) is 2.77. The van der Waals surface area contributed by atoms with E-state index in [0.717, 1.165) is 23.5 Å². The van der Waals surface area contributed by atoms with Gasteiger partial charge in [0.05, 0.1) is 5.69 Å². The molecule has 5 rings (SSSR count). The zero-order valence-corrected chi connectivity index (χ0v) is 19.2. The Morgan fingerprint density at radius 3 is 2.45 bits per heavy atom. The van der Waals surface area contributed by atoms with Gasteiger partial charge >= 0.3 is 0 Å². The molecule has 7 nitrogen and oxygen atoms in total. The van der Waals surface area contributed by atoms with Crippen LogP contribution in [0.15, 0.2) is 53.5 Å². The minimum atomic E-state index is -0.180. The van der Waals surface area contributed by atoms with Gasteiger partial charge in [-0.15, -0.1) is 10.2 Å². The molecule has 7 heteroatoms. The van der Waals surface area contributed by atoms with Crippen LogP contribution in [0.5, 0.6) is 5.75 Å². The van der Waals surface area contributed by atoms with E-state index >= 15 is 0 Å². The van der Waals surface area contributed by atoms with Crippen molar-refractivity contribution in [3.8, 4) is 28.1 Å². The summed E-state index contributed by atoms with van der Waals surface area (Å²) in [7, 11) is 0. The number of H-pyrrole nitrogens is 1. The third-order valence-corrected chi connectivity index (χ3v) is 7.16. The van der Waals surface area contributed by atoms with E-state index < -0.39 is 0 Å². The summed E-state index contributed by atoms with van der Waals surface area (Å²) in [5.41, 5.74) is 3.02. The predicted molar refractivity (Wildman–Crippen MR) is 130 cm³/mol. The van der Waals surface area contributed by atoms with Gasteiger partial charge in [0, 0.05) is 35.4 Å². The molecule has 4 heterocycles. The molecule has 2 fully saturated rings. The third kappa shape index (κ3) is 4.64. The maximum Gasteiger partial charge on any atom is 0.248 e. The van der Waals surface area contributed by atoms with E-state index in [2.05, 4.69) is 39.7 Å². The topological polar surface area (TPSA) is 103 Å². The number of phenols is 1. The highest BCUT2D eigenvalue weighted by atomic mass is 16.3. The molecule has 2 saturated heterocycles. The Bertz CT molecular complexity index is 1190. The Morgan fingerprint density at radius 1 is 1.03 bits per heavy atom. The van der Waals surface area contributed by atoms with Gasteiger partial charge in [0.25, 0.3) is 0 Å². The Hall–Kier alpha value is -3.19. The number of hydrogen-bond donors (Lipinski definition) is 4. The smallest absolute Gasteiger partial charge is 0.248 e. The first-order valence-electron chi connectivity index (χ1n) is 11.7. The van der Waals surface area contributed by atoms with Gasteiger partial charge in [-0.1, -0.05) is 6.07 Å². The number of phenolic OH excluding ortho intramolecular Hbond substituents is 1. The van der Waals surface area contributed by atoms with E-state index in [1.165, 1.54) is 38.2 Å². The number of piperidine rings is 2. The van der Waals surface area contributed by atoms with E-state index in [0.29, 0.717) is 17.2 Å². The highest BCUT2D eigenvalue weighted by molar-refractivity contribution is 5.74. The Morgan fingerprint density at radius 2 is 1.79 bits per heavy atom. The summed E-state index contributed by atoms with van der Waals surface area (Å²) < 4.78 is 0. The van der Waals surface area contributed by atoms with Gasteiger partial charge < -0.3 is 20.7 Å². The predicted octanol–water partition coefficient (Wildman–Crippen LogP) is 4.32. The van der Waals surface area contributed by atoms with Gasteiger partial charge in [0.2, 0.25) is 5.56 Å². The normalized spacial score (nSPS) is 26.7. The van der Waals surface area contributed by atoms with Crippen molar-refractivity contribution in [2.75, 3.05) is 11.9 Å². The largest absolute Gasteiger partial charge is 0.507 e. The first kappa shape index (κ1) is 21.6. The molecule has 172 valence electrons. The van der Waals surface area contributed by atoms with Crippen LogP contribution in [-0.4, -0.2) is 37.9 Å². The molecule has 0 radical (unpaired) electrons. The lowest BCUT2D eigenvalue weighted by Crippen LogP contribution is -2.63. The molecule has 4 N–H and O–H groups in total. The summed E-state index contributed by atoms with van der Waals surface area (Å²) >= 11 is 0. The molecule has 0 amide bonds. The second kappa shape index (κ2) is 8.30. The second-order valence-electron chi connectivity index (χ2n) is 10.2. The molecule has 2 aliphatic heterocycles. The number of hydrogen-bond acceptors (Lipinski definition) is 6. The van der Waals surface area contributed by atoms with Gasteiger partial charge in [0.15, 0.2) is 0 Å². The molecular weight excluding hydrogens is 414 g/mol. The Balaban J connectivity index is 1.26. The molecular formula is C26H31N5O2. The molecule has 2 atom stereocenters. The average molecular weight is 446 g/mol. The summed E-state index contributed by atoms with van der Waals surface area (Å²) in [5, 5.41) is 26.6. The van der Waals surface area contributed by atoms with Crippen LogP contribution in [0.25, 0.3) is 22.4 Å². The molecule has 2 unspecified atom stereocenters. The summed E-state index contributed by atoms with van der Waals surface area (Å²) in [6.45, 7) is 5.61. The van der Waals surface area contributed by atoms with Crippen LogP contribution < -0.4 is 16.2 Å². The number of benzene rings is 1. The van der Waals surface area contributed by atoms with Crippen molar-refractivity contribution in [2.45, 2.75) is 57.0 Å². The van der Waals surface area contributed by atoms with Crippen molar-refractivity contribution < 1.29 is 5.11 Å². The van der Waals surface area contributed by atoms with Crippen LogP contribution in [0.2, 0.25) is 0 Å². The molecule has 1 aromatic carbocycles. The SMILES string of the molecule is CC12CCCC(C)(CC(CNc3ccc(-c4ccc(-c5cc[nH]c(=O)c5)cc4O)nn3)C1)N2. The molecule has 0 aliphatic carbocycles. The Kier molecular flexibility index (Phi) is 5.44. The first-order chi connectivity index (χ1) is 15.8. The number of nitrogens with zero attached hydrogens (tertiary/aromatic N) is 2. The van der Waals surface area contributed by atoms with Crippen molar-refractivity contribution in [3.63, 3.8) is 0 Å². The van der Waals surface area contributed by atoms with Crippen LogP contribution >= 0.6 is 0 Å². The number of pyridine rings is 1. The zero-order valence-electron chi connectivity index (χ0n) is 19.2. The quantitative estimate of drug-likeness (QED) is 0.467. The summed E-state index contributed by atoms with van der Waals surface area (Å²) in [5.74, 6) is 1.45. The van der Waals surface area contributed by atoms with Gasteiger partial charge in [0.1, 0.15) is 11.6 Å². The van der Waals surface area contributed by atoms with Crippen molar-refractivity contribution in [1.82, 2.24) is 20.5 Å². The molecule has 2 aromatic heterocycles. The number of aromatic nitrogens is 3. The maximum absolute atomic E-state index is 11.6. The lowest BCUT2D eigenvalue weighted by atomic mass is 9.67. The molecule has 33 heavy (non-hydrogen) atoms. The molecule has 0 saturated carbocycles. The highest BCUT2D eigenvalue weighted by Gasteiger charge is 2.45. The maximum atomic E-state index is 11.6. The van der Waals surface area contributed by atoms with Crippen LogP contribution in [-0.2, 0) is 0 Å². The number of aromatic hydroxyl groups is 1. The summed E-state index contributed by atoms with van der Waals surface area (Å²) in [6.07, 6.45) is 7.75. The van der Waals surface area contributed by atoms with Crippen molar-refractivity contribution in [3.05, 3.63) is 59.0 Å². The lowest BCUT2D eigenvalue weighted by molar-refractivity contribution is 0.0589. The monoisotopic (exact) mass is 445 g/mol. The van der Waals surface area contributed by atoms with Crippen molar-refractivity contribution in [1.29, 1.82) is 0 Å². The van der Waals surface area contributed by atoms with E-state index in [1.54, 1.807) is 24.4 Å². The molecule has 3 aromatic rings. The number of fused-ring (bicyclic) bond motifs is 2. The second-order valence-corrected chi connectivity index (χ2v) is 10.2. The lowest BCUT2D eigenvalue weighted by Gasteiger charge is -2.53. The summed E-state index contributed by atoms with van der Waals surface area (Å²) in [6, 6.07) is 12.4. The zero-order chi connectivity index (χ0) is 23.1. The fourth-order valence-electron chi connectivity index (χ4n) is 5.89. The van der Waals surface area contributed by atoms with Crippen LogP contribution in [0.1, 0.15) is 46.0 Å². The fraction of sp³-hybridized carbons (Fsp3) is 0.423. The number of nitrogens with one attached hydrogen (secondary N) is 3. The van der Waals surface area contributed by atoms with Gasteiger partial charge in [-0.05, 0) is 93.3 Å². The third-order valence-electron chi connectivity index (χ3n) is 7.16. The van der Waals surface area contributed by atoms with E-state index in [4.69, 9.17) is 0 Å². The van der Waals surface area contributed by atoms with E-state index in [1.807, 2.05) is 18.2 Å². The van der Waals surface area contributed by atoms with Crippen LogP contribution in [0.4, 0.5) is 5.82 Å². The van der Waals surface area contributed by atoms with Gasteiger partial charge in [-0.25, -0.2) is 0 Å². The molecule has 2 aliphatic rings. The van der Waals surface area contributed by atoms with E-state index in [-0.39, 0.29) is 22.4 Å². The molecule has 0 spiro atoms. The number of aromatic amines is 1. The fourth-order valence-corrected chi connectivity index (χ4v) is 5.89. The Labute approximate surface area is 193 Å². The van der Waals surface area contributed by atoms with E-state index in [9.17, 15) is 9.90 Å². The number of rotatable bonds is 5. The van der Waals surface area contributed by atoms with Crippen molar-refractivity contribution in [2.24, 2.45) is 5.92 Å². The minimum absolute atomic E-state index is 0.102. The number of anilines is 1. The highest BCUT2D eigenvalue weighted by Crippen LogP contribution is 2.42. The van der Waals surface area contributed by atoms with Crippen LogP contribution in [0.3, 0.4) is 0 Å². The molecule has 2 bridgehead atoms.